The molecule has 0 saturated carbocycles. The molecule has 1 heterocycles. The topological polar surface area (TPSA) is 137 Å². The molecule has 0 aliphatic carbocycles. The predicted octanol–water partition coefficient (Wildman–Crippen LogP) is 2.60. The van der Waals surface area contributed by atoms with Crippen molar-refractivity contribution in [2.45, 2.75) is 0 Å². The van der Waals surface area contributed by atoms with Gasteiger partial charge < -0.3 is 19.7 Å². The number of benzene rings is 2. The van der Waals surface area contributed by atoms with Crippen LogP contribution in [0.2, 0.25) is 0 Å². The highest BCUT2D eigenvalue weighted by Crippen LogP contribution is 2.32. The summed E-state index contributed by atoms with van der Waals surface area (Å²) >= 11 is 0. The lowest BCUT2D eigenvalue weighted by Gasteiger charge is -2.28. The molecular formula is C18H18N4O7. The van der Waals surface area contributed by atoms with Gasteiger partial charge in [-0.2, -0.15) is 0 Å². The van der Waals surface area contributed by atoms with Crippen molar-refractivity contribution >= 4 is 28.7 Å². The lowest BCUT2D eigenvalue weighted by atomic mass is 10.1. The van der Waals surface area contributed by atoms with Crippen LogP contribution in [0.25, 0.3) is 0 Å². The summed E-state index contributed by atoms with van der Waals surface area (Å²) in [4.78, 5) is 36.0. The van der Waals surface area contributed by atoms with Crippen LogP contribution in [0.15, 0.2) is 36.4 Å². The smallest absolute Gasteiger partial charge is 0.296 e. The fraction of sp³-hybridized carbons (Fsp3) is 0.278. The summed E-state index contributed by atoms with van der Waals surface area (Å²) in [6.07, 6.45) is 0. The first-order chi connectivity index (χ1) is 13.9. The number of nitro benzene ring substituents is 2. The maximum Gasteiger partial charge on any atom is 0.296 e. The molecule has 1 fully saturated rings. The average Bonchev–Trinajstić information content (AvgIpc) is 2.74. The standard InChI is InChI=1S/C18H18N4O7/c1-28-13-3-4-14(16(11-13)21(24)25)19-18(23)12-2-5-15(17(10-12)22(26)27)20-6-8-29-9-7-20/h2-5,10-11H,6-9H2,1H3,(H,19,23). The largest absolute Gasteiger partial charge is 0.496 e. The molecule has 0 spiro atoms. The molecule has 11 heteroatoms. The highest BCUT2D eigenvalue weighted by atomic mass is 16.6. The Hall–Kier alpha value is -3.73. The van der Waals surface area contributed by atoms with Gasteiger partial charge in [0.25, 0.3) is 17.3 Å². The van der Waals surface area contributed by atoms with E-state index in [2.05, 4.69) is 5.32 Å². The molecule has 1 aliphatic rings. The zero-order valence-corrected chi connectivity index (χ0v) is 15.5. The molecule has 2 aromatic rings. The number of nitrogens with one attached hydrogen (secondary N) is 1. The summed E-state index contributed by atoms with van der Waals surface area (Å²) in [5.74, 6) is -0.435. The maximum absolute atomic E-state index is 12.6. The quantitative estimate of drug-likeness (QED) is 0.575. The molecule has 0 unspecified atom stereocenters. The first-order valence-electron chi connectivity index (χ1n) is 8.65. The van der Waals surface area contributed by atoms with Gasteiger partial charge in [0.15, 0.2) is 0 Å². The summed E-state index contributed by atoms with van der Waals surface area (Å²) in [5, 5.41) is 25.2. The van der Waals surface area contributed by atoms with Crippen molar-refractivity contribution < 1.29 is 24.1 Å². The van der Waals surface area contributed by atoms with E-state index in [4.69, 9.17) is 9.47 Å². The highest BCUT2D eigenvalue weighted by Gasteiger charge is 2.24. The minimum atomic E-state index is -0.699. The number of ether oxygens (including phenoxy) is 2. The minimum absolute atomic E-state index is 0.0128. The van der Waals surface area contributed by atoms with E-state index < -0.39 is 15.8 Å². The van der Waals surface area contributed by atoms with Gasteiger partial charge in [-0.3, -0.25) is 25.0 Å². The highest BCUT2D eigenvalue weighted by molar-refractivity contribution is 6.06. The minimum Gasteiger partial charge on any atom is -0.496 e. The maximum atomic E-state index is 12.6. The summed E-state index contributed by atoms with van der Waals surface area (Å²) in [6.45, 7) is 1.93. The molecule has 0 aromatic heterocycles. The van der Waals surface area contributed by atoms with Crippen LogP contribution in [-0.4, -0.2) is 49.2 Å². The Balaban J connectivity index is 1.89. The first-order valence-corrected chi connectivity index (χ1v) is 8.65. The lowest BCUT2D eigenvalue weighted by Crippen LogP contribution is -2.36. The molecule has 0 bridgehead atoms. The Bertz CT molecular complexity index is 957. The molecule has 0 atom stereocenters. The van der Waals surface area contributed by atoms with Crippen LogP contribution >= 0.6 is 0 Å². The van der Waals surface area contributed by atoms with Crippen LogP contribution in [0.1, 0.15) is 10.4 Å². The van der Waals surface area contributed by atoms with Gasteiger partial charge >= 0.3 is 0 Å². The van der Waals surface area contributed by atoms with Crippen molar-refractivity contribution in [3.8, 4) is 5.75 Å². The number of anilines is 2. The number of carbonyl (C=O) groups is 1. The van der Waals surface area contributed by atoms with Crippen molar-refractivity contribution in [2.75, 3.05) is 43.6 Å². The van der Waals surface area contributed by atoms with Crippen LogP contribution in [0.3, 0.4) is 0 Å². The number of hydrogen-bond acceptors (Lipinski definition) is 8. The number of amides is 1. The third-order valence-corrected chi connectivity index (χ3v) is 4.44. The SMILES string of the molecule is COc1ccc(NC(=O)c2ccc(N3CCOCC3)c([N+](=O)[O-])c2)c([N+](=O)[O-])c1. The summed E-state index contributed by atoms with van der Waals surface area (Å²) in [6, 6.07) is 8.09. The second-order valence-electron chi connectivity index (χ2n) is 6.15. The van der Waals surface area contributed by atoms with E-state index in [1.54, 1.807) is 0 Å². The Labute approximate surface area is 165 Å². The number of rotatable bonds is 6. The Kier molecular flexibility index (Phi) is 5.88. The molecule has 1 aliphatic heterocycles. The van der Waals surface area contributed by atoms with Gasteiger partial charge in [0, 0.05) is 24.7 Å². The summed E-state index contributed by atoms with van der Waals surface area (Å²) in [5.41, 5.74) is -0.203. The fourth-order valence-electron chi connectivity index (χ4n) is 2.97. The molecular weight excluding hydrogens is 384 g/mol. The third kappa shape index (κ3) is 4.41. The lowest BCUT2D eigenvalue weighted by molar-refractivity contribution is -0.384. The fourth-order valence-corrected chi connectivity index (χ4v) is 2.97. The summed E-state index contributed by atoms with van der Waals surface area (Å²) < 4.78 is 10.2. The predicted molar refractivity (Wildman–Crippen MR) is 104 cm³/mol. The van der Waals surface area contributed by atoms with Crippen LogP contribution < -0.4 is 15.0 Å². The second kappa shape index (κ2) is 8.52. The van der Waals surface area contributed by atoms with Crippen LogP contribution in [0, 0.1) is 20.2 Å². The monoisotopic (exact) mass is 402 g/mol. The van der Waals surface area contributed by atoms with Gasteiger partial charge in [-0.25, -0.2) is 0 Å². The van der Waals surface area contributed by atoms with E-state index in [1.165, 1.54) is 37.4 Å². The molecule has 29 heavy (non-hydrogen) atoms. The molecule has 3 rings (SSSR count). The van der Waals surface area contributed by atoms with E-state index in [0.29, 0.717) is 32.0 Å². The van der Waals surface area contributed by atoms with Gasteiger partial charge in [0.2, 0.25) is 0 Å². The van der Waals surface area contributed by atoms with Gasteiger partial charge in [0.1, 0.15) is 17.1 Å². The summed E-state index contributed by atoms with van der Waals surface area (Å²) in [7, 11) is 1.37. The Morgan fingerprint density at radius 3 is 2.38 bits per heavy atom. The number of hydrogen-bond donors (Lipinski definition) is 1. The van der Waals surface area contributed by atoms with E-state index in [9.17, 15) is 25.0 Å². The number of carbonyl (C=O) groups excluding carboxylic acids is 1. The zero-order valence-electron chi connectivity index (χ0n) is 15.5. The van der Waals surface area contributed by atoms with Gasteiger partial charge in [-0.15, -0.1) is 0 Å². The number of morpholine rings is 1. The molecule has 0 radical (unpaired) electrons. The second-order valence-corrected chi connectivity index (χ2v) is 6.15. The van der Waals surface area contributed by atoms with Crippen molar-refractivity contribution in [1.82, 2.24) is 0 Å². The Morgan fingerprint density at radius 1 is 1.07 bits per heavy atom. The number of nitrogens with zero attached hydrogens (tertiary/aromatic N) is 3. The Morgan fingerprint density at radius 2 is 1.76 bits per heavy atom. The van der Waals surface area contributed by atoms with Crippen LogP contribution in [-0.2, 0) is 4.74 Å². The number of nitro groups is 2. The number of methoxy groups -OCH3 is 1. The molecule has 2 aromatic carbocycles. The molecule has 1 N–H and O–H groups in total. The van der Waals surface area contributed by atoms with Crippen molar-refractivity contribution in [3.63, 3.8) is 0 Å². The van der Waals surface area contributed by atoms with Gasteiger partial charge in [-0.05, 0) is 24.3 Å². The first kappa shape index (κ1) is 20.0. The van der Waals surface area contributed by atoms with E-state index in [-0.39, 0.29) is 28.4 Å². The molecule has 152 valence electrons. The zero-order chi connectivity index (χ0) is 21.0. The average molecular weight is 402 g/mol. The normalized spacial score (nSPS) is 13.6. The molecule has 11 nitrogen and oxygen atoms in total. The van der Waals surface area contributed by atoms with E-state index >= 15 is 0 Å². The third-order valence-electron chi connectivity index (χ3n) is 4.44. The van der Waals surface area contributed by atoms with Gasteiger partial charge in [-0.1, -0.05) is 0 Å². The van der Waals surface area contributed by atoms with Crippen LogP contribution in [0.5, 0.6) is 5.75 Å². The van der Waals surface area contributed by atoms with Crippen molar-refractivity contribution in [1.29, 1.82) is 0 Å². The van der Waals surface area contributed by atoms with E-state index in [0.717, 1.165) is 6.07 Å². The van der Waals surface area contributed by atoms with Crippen molar-refractivity contribution in [2.24, 2.45) is 0 Å². The van der Waals surface area contributed by atoms with E-state index in [1.807, 2.05) is 4.90 Å². The van der Waals surface area contributed by atoms with Crippen LogP contribution in [0.4, 0.5) is 22.7 Å². The molecule has 1 amide bonds. The molecule has 1 saturated heterocycles. The van der Waals surface area contributed by atoms with Gasteiger partial charge in [0.05, 0.1) is 36.2 Å². The van der Waals surface area contributed by atoms with Crippen molar-refractivity contribution in [3.05, 3.63) is 62.2 Å².